The number of hydrogen-bond acceptors (Lipinski definition) is 4. The van der Waals surface area contributed by atoms with Crippen LogP contribution in [0.3, 0.4) is 0 Å². The second-order valence-electron chi connectivity index (χ2n) is 6.72. The van der Waals surface area contributed by atoms with E-state index in [0.717, 1.165) is 22.2 Å². The van der Waals surface area contributed by atoms with Crippen molar-refractivity contribution >= 4 is 10.8 Å². The molecule has 1 heterocycles. The monoisotopic (exact) mass is 378 g/mol. The van der Waals surface area contributed by atoms with Gasteiger partial charge in [0.2, 0.25) is 0 Å². The summed E-state index contributed by atoms with van der Waals surface area (Å²) in [6, 6.07) is 34.8. The van der Waals surface area contributed by atoms with Gasteiger partial charge in [0.25, 0.3) is 0 Å². The first-order valence-corrected chi connectivity index (χ1v) is 9.42. The molecule has 0 spiro atoms. The van der Waals surface area contributed by atoms with Gasteiger partial charge in [0.1, 0.15) is 0 Å². The average Bonchev–Trinajstić information content (AvgIpc) is 3.27. The van der Waals surface area contributed by atoms with E-state index >= 15 is 0 Å². The van der Waals surface area contributed by atoms with Gasteiger partial charge in [0.15, 0.2) is 6.10 Å². The second-order valence-corrected chi connectivity index (χ2v) is 6.72. The smallest absolute Gasteiger partial charge is 0.341 e. The maximum atomic E-state index is 6.39. The molecule has 1 unspecified atom stereocenters. The van der Waals surface area contributed by atoms with Crippen LogP contribution >= 0.6 is 0 Å². The highest BCUT2D eigenvalue weighted by atomic mass is 16.5. The molecule has 0 bridgehead atoms. The van der Waals surface area contributed by atoms with Crippen LogP contribution in [0.4, 0.5) is 0 Å². The van der Waals surface area contributed by atoms with E-state index < -0.39 is 0 Å². The van der Waals surface area contributed by atoms with Gasteiger partial charge in [-0.3, -0.25) is 0 Å². The quantitative estimate of drug-likeness (QED) is 0.433. The van der Waals surface area contributed by atoms with Crippen molar-refractivity contribution in [2.24, 2.45) is 0 Å². The van der Waals surface area contributed by atoms with Crippen LogP contribution in [0.2, 0.25) is 0 Å². The largest absolute Gasteiger partial charge is 0.449 e. The first-order valence-electron chi connectivity index (χ1n) is 9.42. The summed E-state index contributed by atoms with van der Waals surface area (Å²) in [5.74, 6) is 0. The molecule has 0 aliphatic rings. The Balaban J connectivity index is 1.58. The zero-order chi connectivity index (χ0) is 19.5. The fourth-order valence-electron chi connectivity index (χ4n) is 3.42. The van der Waals surface area contributed by atoms with Crippen molar-refractivity contribution in [3.63, 3.8) is 0 Å². The molecular weight excluding hydrogens is 360 g/mol. The number of ether oxygens (including phenoxy) is 1. The number of benzene rings is 4. The highest BCUT2D eigenvalue weighted by Gasteiger charge is 2.20. The van der Waals surface area contributed by atoms with Gasteiger partial charge in [-0.05, 0) is 50.5 Å². The summed E-state index contributed by atoms with van der Waals surface area (Å²) in [5, 5.41) is 14.4. The molecule has 1 atom stereocenters. The SMILES string of the molecule is c1ccc(C(Oc2nnnn2-c2ccccc2)c2ccc3ccccc3c2)cc1. The van der Waals surface area contributed by atoms with Gasteiger partial charge >= 0.3 is 6.01 Å². The highest BCUT2D eigenvalue weighted by Crippen LogP contribution is 2.30. The summed E-state index contributed by atoms with van der Waals surface area (Å²) in [7, 11) is 0. The van der Waals surface area contributed by atoms with Crippen LogP contribution in [0, 0.1) is 0 Å². The summed E-state index contributed by atoms with van der Waals surface area (Å²) in [6.07, 6.45) is -0.339. The van der Waals surface area contributed by atoms with Crippen LogP contribution in [0.25, 0.3) is 16.5 Å². The van der Waals surface area contributed by atoms with Gasteiger partial charge in [-0.15, -0.1) is 0 Å². The first kappa shape index (κ1) is 17.1. The Morgan fingerprint density at radius 1 is 0.655 bits per heavy atom. The minimum Gasteiger partial charge on any atom is -0.449 e. The molecule has 0 aliphatic carbocycles. The topological polar surface area (TPSA) is 52.8 Å². The third kappa shape index (κ3) is 3.46. The fraction of sp³-hybridized carbons (Fsp3) is 0.0417. The van der Waals surface area contributed by atoms with Gasteiger partial charge in [-0.1, -0.05) is 90.0 Å². The van der Waals surface area contributed by atoms with Crippen LogP contribution in [-0.4, -0.2) is 20.2 Å². The van der Waals surface area contributed by atoms with Gasteiger partial charge < -0.3 is 4.74 Å². The van der Waals surface area contributed by atoms with E-state index in [9.17, 15) is 0 Å². The van der Waals surface area contributed by atoms with Crippen LogP contribution in [0.15, 0.2) is 103 Å². The summed E-state index contributed by atoms with van der Waals surface area (Å²) >= 11 is 0. The molecule has 29 heavy (non-hydrogen) atoms. The molecule has 0 N–H and O–H groups in total. The van der Waals surface area contributed by atoms with Crippen LogP contribution in [0.5, 0.6) is 6.01 Å². The van der Waals surface area contributed by atoms with Crippen molar-refractivity contribution in [2.45, 2.75) is 6.10 Å². The maximum absolute atomic E-state index is 6.39. The molecule has 0 saturated heterocycles. The summed E-state index contributed by atoms with van der Waals surface area (Å²) < 4.78 is 8.00. The second kappa shape index (κ2) is 7.56. The predicted molar refractivity (Wildman–Crippen MR) is 112 cm³/mol. The van der Waals surface area contributed by atoms with Crippen molar-refractivity contribution in [2.75, 3.05) is 0 Å². The Morgan fingerprint density at radius 3 is 2.14 bits per heavy atom. The molecular formula is C24H18N4O. The average molecular weight is 378 g/mol. The van der Waals surface area contributed by atoms with Crippen LogP contribution in [0.1, 0.15) is 17.2 Å². The lowest BCUT2D eigenvalue weighted by Crippen LogP contribution is -2.13. The Kier molecular flexibility index (Phi) is 4.47. The summed E-state index contributed by atoms with van der Waals surface area (Å²) in [4.78, 5) is 0. The van der Waals surface area contributed by atoms with E-state index in [2.05, 4.69) is 58.0 Å². The Morgan fingerprint density at radius 2 is 1.34 bits per heavy atom. The van der Waals surface area contributed by atoms with Gasteiger partial charge in [0, 0.05) is 0 Å². The van der Waals surface area contributed by atoms with E-state index in [1.165, 1.54) is 5.39 Å². The Hall–Kier alpha value is -3.99. The molecule has 140 valence electrons. The number of tetrazole rings is 1. The number of rotatable bonds is 5. The lowest BCUT2D eigenvalue weighted by molar-refractivity contribution is 0.220. The minimum absolute atomic E-state index is 0.339. The molecule has 5 heteroatoms. The zero-order valence-corrected chi connectivity index (χ0v) is 15.6. The molecule has 5 nitrogen and oxygen atoms in total. The Bertz CT molecular complexity index is 1240. The third-order valence-corrected chi connectivity index (χ3v) is 4.84. The minimum atomic E-state index is -0.339. The van der Waals surface area contributed by atoms with Crippen LogP contribution < -0.4 is 4.74 Å². The van der Waals surface area contributed by atoms with Crippen molar-refractivity contribution in [3.8, 4) is 11.7 Å². The molecule has 0 radical (unpaired) electrons. The molecule has 0 fully saturated rings. The lowest BCUT2D eigenvalue weighted by atomic mass is 9.98. The fourth-order valence-corrected chi connectivity index (χ4v) is 3.42. The highest BCUT2D eigenvalue weighted by molar-refractivity contribution is 5.83. The molecule has 0 aliphatic heterocycles. The van der Waals surface area contributed by atoms with Gasteiger partial charge in [0.05, 0.1) is 5.69 Å². The van der Waals surface area contributed by atoms with Gasteiger partial charge in [-0.2, -0.15) is 4.68 Å². The van der Waals surface area contributed by atoms with Crippen molar-refractivity contribution in [1.82, 2.24) is 20.2 Å². The predicted octanol–water partition coefficient (Wildman–Crippen LogP) is 4.98. The van der Waals surface area contributed by atoms with E-state index in [1.54, 1.807) is 4.68 Å². The van der Waals surface area contributed by atoms with E-state index in [1.807, 2.05) is 60.7 Å². The van der Waals surface area contributed by atoms with E-state index in [-0.39, 0.29) is 6.10 Å². The number of nitrogens with zero attached hydrogens (tertiary/aromatic N) is 4. The molecule has 5 rings (SSSR count). The summed E-state index contributed by atoms with van der Waals surface area (Å²) in [6.45, 7) is 0. The molecule has 0 amide bonds. The van der Waals surface area contributed by atoms with Crippen molar-refractivity contribution in [1.29, 1.82) is 0 Å². The van der Waals surface area contributed by atoms with Crippen LogP contribution in [-0.2, 0) is 0 Å². The molecule has 4 aromatic carbocycles. The lowest BCUT2D eigenvalue weighted by Gasteiger charge is -2.19. The molecule has 5 aromatic rings. The molecule has 1 aromatic heterocycles. The van der Waals surface area contributed by atoms with E-state index in [0.29, 0.717) is 6.01 Å². The Labute approximate surface area is 168 Å². The van der Waals surface area contributed by atoms with Crippen molar-refractivity contribution < 1.29 is 4.74 Å². The van der Waals surface area contributed by atoms with Gasteiger partial charge in [-0.25, -0.2) is 0 Å². The normalized spacial score (nSPS) is 12.0. The first-order chi connectivity index (χ1) is 14.4. The standard InChI is InChI=1S/C24H18N4O/c1-3-10-19(11-4-1)23(21-16-15-18-9-7-8-12-20(18)17-21)29-24-25-26-27-28(24)22-13-5-2-6-14-22/h1-17,23H. The number of hydrogen-bond donors (Lipinski definition) is 0. The number of fused-ring (bicyclic) bond motifs is 1. The van der Waals surface area contributed by atoms with E-state index in [4.69, 9.17) is 4.74 Å². The zero-order valence-electron chi connectivity index (χ0n) is 15.6. The maximum Gasteiger partial charge on any atom is 0.341 e. The van der Waals surface area contributed by atoms with Crippen molar-refractivity contribution in [3.05, 3.63) is 114 Å². The summed E-state index contributed by atoms with van der Waals surface area (Å²) in [5.41, 5.74) is 2.92. The molecule has 0 saturated carbocycles. The number of aromatic nitrogens is 4. The number of para-hydroxylation sites is 1. The third-order valence-electron chi connectivity index (χ3n) is 4.84.